The number of carbonyl (C=O) groups excluding carboxylic acids is 1. The predicted molar refractivity (Wildman–Crippen MR) is 119 cm³/mol. The van der Waals surface area contributed by atoms with Gasteiger partial charge in [0.15, 0.2) is 0 Å². The van der Waals surface area contributed by atoms with Crippen LogP contribution in [0.25, 0.3) is 11.3 Å². The number of amides is 1. The maximum absolute atomic E-state index is 13.3. The lowest BCUT2D eigenvalue weighted by Gasteiger charge is -2.06. The zero-order chi connectivity index (χ0) is 22.0. The summed E-state index contributed by atoms with van der Waals surface area (Å²) in [6.07, 6.45) is 4.94. The van der Waals surface area contributed by atoms with Crippen LogP contribution in [0.5, 0.6) is 0 Å². The van der Waals surface area contributed by atoms with E-state index in [1.807, 2.05) is 7.05 Å². The molecule has 2 N–H and O–H groups in total. The van der Waals surface area contributed by atoms with E-state index in [1.54, 1.807) is 34.6 Å². The minimum atomic E-state index is -0.501. The summed E-state index contributed by atoms with van der Waals surface area (Å²) in [6, 6.07) is 6.02. The van der Waals surface area contributed by atoms with E-state index in [4.69, 9.17) is 23.2 Å². The standard InChI is InChI=1S/C20H15Cl2FN6OS/c1-29-9-13(7-26-29)27-20-25-8-15(22)18(28-20)12-5-17(31-10-12)19(30)24-6-11-2-3-16(23)14(21)4-11/h2-5,7-10H,6H2,1H3,(H,24,30)(H,25,27,28). The molecule has 7 nitrogen and oxygen atoms in total. The van der Waals surface area contributed by atoms with Crippen molar-refractivity contribution in [2.24, 2.45) is 7.05 Å². The van der Waals surface area contributed by atoms with Gasteiger partial charge in [0.25, 0.3) is 5.91 Å². The minimum absolute atomic E-state index is 0.0132. The third kappa shape index (κ3) is 5.01. The Kier molecular flexibility index (Phi) is 6.17. The molecule has 0 bridgehead atoms. The average molecular weight is 477 g/mol. The topological polar surface area (TPSA) is 84.7 Å². The highest BCUT2D eigenvalue weighted by Crippen LogP contribution is 2.30. The fourth-order valence-corrected chi connectivity index (χ4v) is 3.95. The van der Waals surface area contributed by atoms with Crippen LogP contribution in [0.4, 0.5) is 16.0 Å². The molecule has 0 unspecified atom stereocenters. The number of aromatic nitrogens is 4. The van der Waals surface area contributed by atoms with Crippen LogP contribution in [0.3, 0.4) is 0 Å². The molecule has 0 fully saturated rings. The normalized spacial score (nSPS) is 10.8. The number of anilines is 2. The Labute approximate surface area is 190 Å². The van der Waals surface area contributed by atoms with Crippen molar-refractivity contribution in [2.45, 2.75) is 6.54 Å². The Morgan fingerprint density at radius 2 is 2.06 bits per heavy atom. The van der Waals surface area contributed by atoms with Crippen molar-refractivity contribution in [2.75, 3.05) is 5.32 Å². The lowest BCUT2D eigenvalue weighted by Crippen LogP contribution is -2.21. The second-order valence-electron chi connectivity index (χ2n) is 6.55. The van der Waals surface area contributed by atoms with Crippen LogP contribution in [-0.2, 0) is 13.6 Å². The molecule has 1 aromatic carbocycles. The van der Waals surface area contributed by atoms with Gasteiger partial charge in [-0.2, -0.15) is 5.10 Å². The third-order valence-electron chi connectivity index (χ3n) is 4.24. The summed E-state index contributed by atoms with van der Waals surface area (Å²) in [6.45, 7) is 0.222. The summed E-state index contributed by atoms with van der Waals surface area (Å²) in [5.41, 5.74) is 2.63. The molecule has 0 aliphatic rings. The Morgan fingerprint density at radius 1 is 1.23 bits per heavy atom. The fourth-order valence-electron chi connectivity index (χ4n) is 2.74. The van der Waals surface area contributed by atoms with E-state index in [0.717, 1.165) is 5.69 Å². The number of nitrogens with one attached hydrogen (secondary N) is 2. The highest BCUT2D eigenvalue weighted by Gasteiger charge is 2.15. The van der Waals surface area contributed by atoms with Gasteiger partial charge in [0.2, 0.25) is 5.95 Å². The number of thiophene rings is 1. The molecule has 0 radical (unpaired) electrons. The lowest BCUT2D eigenvalue weighted by molar-refractivity contribution is 0.0955. The molecule has 31 heavy (non-hydrogen) atoms. The molecule has 0 aliphatic heterocycles. The Bertz CT molecular complexity index is 1260. The van der Waals surface area contributed by atoms with Gasteiger partial charge < -0.3 is 10.6 Å². The summed E-state index contributed by atoms with van der Waals surface area (Å²) in [7, 11) is 1.81. The first-order valence-corrected chi connectivity index (χ1v) is 10.6. The lowest BCUT2D eigenvalue weighted by atomic mass is 10.2. The van der Waals surface area contributed by atoms with Crippen molar-refractivity contribution in [3.63, 3.8) is 0 Å². The Morgan fingerprint density at radius 3 is 2.81 bits per heavy atom. The molecule has 0 saturated carbocycles. The summed E-state index contributed by atoms with van der Waals surface area (Å²) >= 11 is 13.3. The summed E-state index contributed by atoms with van der Waals surface area (Å²) < 4.78 is 14.9. The quantitative estimate of drug-likeness (QED) is 0.406. The van der Waals surface area contributed by atoms with Gasteiger partial charge in [-0.1, -0.05) is 29.3 Å². The maximum Gasteiger partial charge on any atom is 0.261 e. The number of benzene rings is 1. The zero-order valence-electron chi connectivity index (χ0n) is 16.1. The van der Waals surface area contributed by atoms with E-state index in [1.165, 1.54) is 29.7 Å². The Balaban J connectivity index is 1.47. The molecule has 3 aromatic heterocycles. The van der Waals surface area contributed by atoms with Crippen LogP contribution in [-0.4, -0.2) is 25.7 Å². The summed E-state index contributed by atoms with van der Waals surface area (Å²) in [5.74, 6) is -0.410. The molecule has 3 heterocycles. The van der Waals surface area contributed by atoms with Gasteiger partial charge in [-0.15, -0.1) is 11.3 Å². The molecule has 1 amide bonds. The van der Waals surface area contributed by atoms with E-state index < -0.39 is 5.82 Å². The number of aryl methyl sites for hydroxylation is 1. The van der Waals surface area contributed by atoms with Gasteiger partial charge in [-0.05, 0) is 23.8 Å². The molecule has 4 rings (SSSR count). The smallest absolute Gasteiger partial charge is 0.261 e. The number of nitrogens with zero attached hydrogens (tertiary/aromatic N) is 4. The van der Waals surface area contributed by atoms with E-state index in [2.05, 4.69) is 25.7 Å². The van der Waals surface area contributed by atoms with Gasteiger partial charge in [0.1, 0.15) is 5.82 Å². The van der Waals surface area contributed by atoms with E-state index >= 15 is 0 Å². The van der Waals surface area contributed by atoms with E-state index in [0.29, 0.717) is 32.7 Å². The molecule has 11 heteroatoms. The number of hydrogen-bond acceptors (Lipinski definition) is 6. The average Bonchev–Trinajstić information content (AvgIpc) is 3.39. The van der Waals surface area contributed by atoms with Crippen molar-refractivity contribution in [1.82, 2.24) is 25.1 Å². The fraction of sp³-hybridized carbons (Fsp3) is 0.100. The number of rotatable bonds is 6. The molecule has 158 valence electrons. The van der Waals surface area contributed by atoms with Crippen molar-refractivity contribution in [1.29, 1.82) is 0 Å². The van der Waals surface area contributed by atoms with Crippen LogP contribution in [0.1, 0.15) is 15.2 Å². The molecule has 0 saturated heterocycles. The summed E-state index contributed by atoms with van der Waals surface area (Å²) in [5, 5.41) is 12.1. The predicted octanol–water partition coefficient (Wildman–Crippen LogP) is 5.06. The first kappa shape index (κ1) is 21.2. The van der Waals surface area contributed by atoms with E-state index in [9.17, 15) is 9.18 Å². The van der Waals surface area contributed by atoms with Gasteiger partial charge in [0.05, 0.1) is 38.7 Å². The van der Waals surface area contributed by atoms with Gasteiger partial charge in [-0.25, -0.2) is 14.4 Å². The molecule has 0 spiro atoms. The van der Waals surface area contributed by atoms with Crippen LogP contribution in [0.2, 0.25) is 10.0 Å². The SMILES string of the molecule is Cn1cc(Nc2ncc(Cl)c(-c3csc(C(=O)NCc4ccc(F)c(Cl)c4)c3)n2)cn1. The van der Waals surface area contributed by atoms with Crippen molar-refractivity contribution >= 4 is 52.1 Å². The van der Waals surface area contributed by atoms with Crippen LogP contribution < -0.4 is 10.6 Å². The number of carbonyl (C=O) groups is 1. The largest absolute Gasteiger partial charge is 0.347 e. The van der Waals surface area contributed by atoms with Crippen LogP contribution in [0.15, 0.2) is 48.2 Å². The van der Waals surface area contributed by atoms with Gasteiger partial charge >= 0.3 is 0 Å². The molecular weight excluding hydrogens is 462 g/mol. The third-order valence-corrected chi connectivity index (χ3v) is 5.73. The molecule has 4 aromatic rings. The maximum atomic E-state index is 13.3. The van der Waals surface area contributed by atoms with Crippen LogP contribution >= 0.6 is 34.5 Å². The van der Waals surface area contributed by atoms with Gasteiger partial charge in [-0.3, -0.25) is 9.48 Å². The first-order valence-electron chi connectivity index (χ1n) is 8.98. The number of halogens is 3. The summed E-state index contributed by atoms with van der Waals surface area (Å²) in [4.78, 5) is 21.6. The van der Waals surface area contributed by atoms with Crippen molar-refractivity contribution in [3.05, 3.63) is 74.5 Å². The second-order valence-corrected chi connectivity index (χ2v) is 8.27. The van der Waals surface area contributed by atoms with E-state index in [-0.39, 0.29) is 17.5 Å². The Hall–Kier alpha value is -3.01. The highest BCUT2D eigenvalue weighted by atomic mass is 35.5. The highest BCUT2D eigenvalue weighted by molar-refractivity contribution is 7.12. The first-order chi connectivity index (χ1) is 14.9. The minimum Gasteiger partial charge on any atom is -0.347 e. The monoisotopic (exact) mass is 476 g/mol. The van der Waals surface area contributed by atoms with Crippen molar-refractivity contribution < 1.29 is 9.18 Å². The van der Waals surface area contributed by atoms with Crippen LogP contribution in [0, 0.1) is 5.82 Å². The molecule has 0 atom stereocenters. The second kappa shape index (κ2) is 9.01. The van der Waals surface area contributed by atoms with Crippen molar-refractivity contribution in [3.8, 4) is 11.3 Å². The zero-order valence-corrected chi connectivity index (χ0v) is 18.4. The molecule has 0 aliphatic carbocycles. The number of hydrogen-bond donors (Lipinski definition) is 2. The van der Waals surface area contributed by atoms with Gasteiger partial charge in [0, 0.05) is 30.7 Å². The molecular formula is C20H15Cl2FN6OS.